The zero-order valence-electron chi connectivity index (χ0n) is 9.40. The van der Waals surface area contributed by atoms with Gasteiger partial charge in [-0.25, -0.2) is 0 Å². The average Bonchev–Trinajstić information content (AvgIpc) is 2.38. The minimum Gasteiger partial charge on any atom is -0.314 e. The SMILES string of the molecule is ClCCCN1CCNCC1c1ccncc1. The molecule has 0 aromatic carbocycles. The summed E-state index contributed by atoms with van der Waals surface area (Å²) in [6.07, 6.45) is 4.79. The van der Waals surface area contributed by atoms with Gasteiger partial charge in [-0.05, 0) is 30.7 Å². The maximum Gasteiger partial charge on any atom is 0.0474 e. The number of rotatable bonds is 4. The highest BCUT2D eigenvalue weighted by Gasteiger charge is 2.22. The van der Waals surface area contributed by atoms with Gasteiger partial charge in [0.15, 0.2) is 0 Å². The van der Waals surface area contributed by atoms with Crippen molar-refractivity contribution in [3.05, 3.63) is 30.1 Å². The second kappa shape index (κ2) is 6.18. The Labute approximate surface area is 102 Å². The van der Waals surface area contributed by atoms with Gasteiger partial charge in [-0.1, -0.05) is 0 Å². The number of nitrogens with one attached hydrogen (secondary N) is 1. The summed E-state index contributed by atoms with van der Waals surface area (Å²) in [7, 11) is 0. The lowest BCUT2D eigenvalue weighted by Crippen LogP contribution is -2.46. The van der Waals surface area contributed by atoms with Crippen LogP contribution in [0.4, 0.5) is 0 Å². The summed E-state index contributed by atoms with van der Waals surface area (Å²) >= 11 is 5.76. The molecule has 4 heteroatoms. The van der Waals surface area contributed by atoms with Crippen LogP contribution in [0, 0.1) is 0 Å². The lowest BCUT2D eigenvalue weighted by molar-refractivity contribution is 0.162. The molecule has 2 heterocycles. The number of hydrogen-bond acceptors (Lipinski definition) is 3. The molecule has 0 radical (unpaired) electrons. The third-order valence-electron chi connectivity index (χ3n) is 3.02. The molecular formula is C12H18ClN3. The van der Waals surface area contributed by atoms with E-state index in [1.54, 1.807) is 0 Å². The van der Waals surface area contributed by atoms with Crippen molar-refractivity contribution in [2.24, 2.45) is 0 Å². The number of halogens is 1. The Morgan fingerprint density at radius 2 is 2.25 bits per heavy atom. The first-order chi connectivity index (χ1) is 7.92. The molecule has 1 atom stereocenters. The summed E-state index contributed by atoms with van der Waals surface area (Å²) in [4.78, 5) is 6.58. The third-order valence-corrected chi connectivity index (χ3v) is 3.29. The van der Waals surface area contributed by atoms with Gasteiger partial charge in [-0.3, -0.25) is 9.88 Å². The second-order valence-corrected chi connectivity index (χ2v) is 4.46. The number of piperazine rings is 1. The van der Waals surface area contributed by atoms with Crippen LogP contribution in [-0.2, 0) is 0 Å². The van der Waals surface area contributed by atoms with Crippen molar-refractivity contribution in [2.45, 2.75) is 12.5 Å². The summed E-state index contributed by atoms with van der Waals surface area (Å²) < 4.78 is 0. The van der Waals surface area contributed by atoms with Crippen LogP contribution in [0.25, 0.3) is 0 Å². The second-order valence-electron chi connectivity index (χ2n) is 4.08. The Bertz CT molecular complexity index is 304. The zero-order valence-corrected chi connectivity index (χ0v) is 10.2. The van der Waals surface area contributed by atoms with Gasteiger partial charge in [-0.2, -0.15) is 0 Å². The van der Waals surface area contributed by atoms with Gasteiger partial charge in [0.2, 0.25) is 0 Å². The van der Waals surface area contributed by atoms with E-state index in [1.165, 1.54) is 5.56 Å². The van der Waals surface area contributed by atoms with Gasteiger partial charge in [0.05, 0.1) is 0 Å². The smallest absolute Gasteiger partial charge is 0.0474 e. The van der Waals surface area contributed by atoms with Crippen LogP contribution in [0.2, 0.25) is 0 Å². The first-order valence-corrected chi connectivity index (χ1v) is 6.36. The lowest BCUT2D eigenvalue weighted by Gasteiger charge is -2.36. The number of nitrogens with zero attached hydrogens (tertiary/aromatic N) is 2. The van der Waals surface area contributed by atoms with Crippen LogP contribution in [0.3, 0.4) is 0 Å². The van der Waals surface area contributed by atoms with E-state index in [-0.39, 0.29) is 0 Å². The molecule has 0 amide bonds. The first-order valence-electron chi connectivity index (χ1n) is 5.82. The van der Waals surface area contributed by atoms with E-state index in [4.69, 9.17) is 11.6 Å². The Hall–Kier alpha value is -0.640. The molecule has 3 nitrogen and oxygen atoms in total. The van der Waals surface area contributed by atoms with Crippen molar-refractivity contribution in [2.75, 3.05) is 32.1 Å². The van der Waals surface area contributed by atoms with E-state index >= 15 is 0 Å². The van der Waals surface area contributed by atoms with Gasteiger partial charge < -0.3 is 5.32 Å². The van der Waals surface area contributed by atoms with Crippen molar-refractivity contribution < 1.29 is 0 Å². The van der Waals surface area contributed by atoms with Crippen LogP contribution in [0.5, 0.6) is 0 Å². The molecule has 1 aromatic rings. The third kappa shape index (κ3) is 2.94. The maximum absolute atomic E-state index is 5.76. The largest absolute Gasteiger partial charge is 0.314 e. The van der Waals surface area contributed by atoms with Crippen molar-refractivity contribution in [1.82, 2.24) is 15.2 Å². The van der Waals surface area contributed by atoms with E-state index in [1.807, 2.05) is 12.4 Å². The summed E-state index contributed by atoms with van der Waals surface area (Å²) in [6, 6.07) is 4.68. The van der Waals surface area contributed by atoms with Gasteiger partial charge in [0.25, 0.3) is 0 Å². The molecule has 1 unspecified atom stereocenters. The normalized spacial score (nSPS) is 22.2. The fourth-order valence-electron chi connectivity index (χ4n) is 2.19. The molecule has 88 valence electrons. The highest BCUT2D eigenvalue weighted by Crippen LogP contribution is 2.21. The predicted molar refractivity (Wildman–Crippen MR) is 66.8 cm³/mol. The van der Waals surface area contributed by atoms with Crippen molar-refractivity contribution in [3.63, 3.8) is 0 Å². The van der Waals surface area contributed by atoms with Crippen LogP contribution >= 0.6 is 11.6 Å². The molecule has 1 aromatic heterocycles. The Kier molecular flexibility index (Phi) is 4.57. The quantitative estimate of drug-likeness (QED) is 0.810. The molecule has 0 saturated carbocycles. The number of hydrogen-bond donors (Lipinski definition) is 1. The molecule has 1 N–H and O–H groups in total. The highest BCUT2D eigenvalue weighted by atomic mass is 35.5. The Morgan fingerprint density at radius 3 is 3.00 bits per heavy atom. The van der Waals surface area contributed by atoms with E-state index < -0.39 is 0 Å². The van der Waals surface area contributed by atoms with Crippen molar-refractivity contribution in [1.29, 1.82) is 0 Å². The molecule has 1 saturated heterocycles. The van der Waals surface area contributed by atoms with Crippen LogP contribution in [0.1, 0.15) is 18.0 Å². The topological polar surface area (TPSA) is 28.2 Å². The Morgan fingerprint density at radius 1 is 1.44 bits per heavy atom. The fourth-order valence-corrected chi connectivity index (χ4v) is 2.31. The van der Waals surface area contributed by atoms with Crippen LogP contribution < -0.4 is 5.32 Å². The van der Waals surface area contributed by atoms with Gasteiger partial charge in [0.1, 0.15) is 0 Å². The average molecular weight is 240 g/mol. The van der Waals surface area contributed by atoms with Crippen LogP contribution in [-0.4, -0.2) is 41.9 Å². The molecule has 16 heavy (non-hydrogen) atoms. The minimum atomic E-state index is 0.472. The maximum atomic E-state index is 5.76. The van der Waals surface area contributed by atoms with E-state index in [0.29, 0.717) is 6.04 Å². The molecule has 1 aliphatic heterocycles. The number of pyridine rings is 1. The molecule has 1 fully saturated rings. The van der Waals surface area contributed by atoms with E-state index in [0.717, 1.165) is 38.5 Å². The number of aromatic nitrogens is 1. The van der Waals surface area contributed by atoms with Crippen molar-refractivity contribution in [3.8, 4) is 0 Å². The summed E-state index contributed by atoms with van der Waals surface area (Å²) in [5.74, 6) is 0.743. The fraction of sp³-hybridized carbons (Fsp3) is 0.583. The zero-order chi connectivity index (χ0) is 11.2. The molecule has 1 aliphatic rings. The van der Waals surface area contributed by atoms with E-state index in [9.17, 15) is 0 Å². The molecule has 0 spiro atoms. The van der Waals surface area contributed by atoms with Crippen LogP contribution in [0.15, 0.2) is 24.5 Å². The molecule has 2 rings (SSSR count). The monoisotopic (exact) mass is 239 g/mol. The summed E-state index contributed by atoms with van der Waals surface area (Å²) in [5.41, 5.74) is 1.34. The highest BCUT2D eigenvalue weighted by molar-refractivity contribution is 6.17. The van der Waals surface area contributed by atoms with Crippen molar-refractivity contribution >= 4 is 11.6 Å². The molecule has 0 bridgehead atoms. The first kappa shape index (κ1) is 11.8. The summed E-state index contributed by atoms with van der Waals surface area (Å²) in [6.45, 7) is 4.28. The van der Waals surface area contributed by atoms with E-state index in [2.05, 4.69) is 27.3 Å². The summed E-state index contributed by atoms with van der Waals surface area (Å²) in [5, 5.41) is 3.44. The van der Waals surface area contributed by atoms with Gasteiger partial charge >= 0.3 is 0 Å². The predicted octanol–water partition coefficient (Wildman–Crippen LogP) is 1.66. The molecule has 0 aliphatic carbocycles. The Balaban J connectivity index is 2.04. The standard InChI is InChI=1S/C12H18ClN3/c13-4-1-8-16-9-7-15-10-12(16)11-2-5-14-6-3-11/h2-3,5-6,12,15H,1,4,7-10H2. The minimum absolute atomic E-state index is 0.472. The van der Waals surface area contributed by atoms with Gasteiger partial charge in [-0.15, -0.1) is 11.6 Å². The number of alkyl halides is 1. The van der Waals surface area contributed by atoms with Gasteiger partial charge in [0, 0.05) is 43.9 Å². The lowest BCUT2D eigenvalue weighted by atomic mass is 10.0. The molecular weight excluding hydrogens is 222 g/mol.